The third-order valence-corrected chi connectivity index (χ3v) is 6.16. The number of halogens is 1. The Bertz CT molecular complexity index is 1120. The average Bonchev–Trinajstić information content (AvgIpc) is 2.77. The number of nitrogens with one attached hydrogen (secondary N) is 1. The van der Waals surface area contributed by atoms with E-state index in [1.54, 1.807) is 0 Å². The van der Waals surface area contributed by atoms with Gasteiger partial charge in [0, 0.05) is 16.3 Å². The Kier molecular flexibility index (Phi) is 6.20. The molecule has 0 radical (unpaired) electrons. The Morgan fingerprint density at radius 1 is 1.10 bits per heavy atom. The highest BCUT2D eigenvalue weighted by Gasteiger charge is 2.33. The molecular formula is C24H27ClN6. The second-order valence-corrected chi connectivity index (χ2v) is 8.56. The Morgan fingerprint density at radius 3 is 2.58 bits per heavy atom. The molecule has 1 fully saturated rings. The van der Waals surface area contributed by atoms with Gasteiger partial charge in [0.15, 0.2) is 5.82 Å². The minimum atomic E-state index is -0.116. The molecule has 2 atom stereocenters. The predicted octanol–water partition coefficient (Wildman–Crippen LogP) is 4.86. The van der Waals surface area contributed by atoms with Crippen molar-refractivity contribution < 1.29 is 0 Å². The average molecular weight is 435 g/mol. The van der Waals surface area contributed by atoms with Crippen molar-refractivity contribution >= 4 is 40.6 Å². The largest absolute Gasteiger partial charge is 0.369 e. The van der Waals surface area contributed by atoms with Gasteiger partial charge in [-0.05, 0) is 55.7 Å². The van der Waals surface area contributed by atoms with Crippen molar-refractivity contribution in [3.63, 3.8) is 0 Å². The minimum Gasteiger partial charge on any atom is -0.369 e. The highest BCUT2D eigenvalue weighted by atomic mass is 35.5. The Labute approximate surface area is 187 Å². The molecule has 0 unspecified atom stereocenters. The van der Waals surface area contributed by atoms with E-state index >= 15 is 0 Å². The molecule has 7 heteroatoms. The molecule has 0 saturated heterocycles. The second kappa shape index (κ2) is 9.04. The van der Waals surface area contributed by atoms with Crippen LogP contribution in [0.2, 0.25) is 5.02 Å². The summed E-state index contributed by atoms with van der Waals surface area (Å²) in [5.74, 6) is 6.81. The molecule has 2 aromatic carbocycles. The van der Waals surface area contributed by atoms with Gasteiger partial charge in [-0.25, -0.2) is 15.8 Å². The summed E-state index contributed by atoms with van der Waals surface area (Å²) in [5.41, 5.74) is 9.79. The van der Waals surface area contributed by atoms with E-state index in [2.05, 4.69) is 19.1 Å². The van der Waals surface area contributed by atoms with Gasteiger partial charge < -0.3 is 5.73 Å². The van der Waals surface area contributed by atoms with E-state index < -0.39 is 0 Å². The van der Waals surface area contributed by atoms with Gasteiger partial charge in [0.1, 0.15) is 0 Å². The maximum Gasteiger partial charge on any atom is 0.203 e. The molecular weight excluding hydrogens is 408 g/mol. The number of hydrazine groups is 1. The van der Waals surface area contributed by atoms with Crippen LogP contribution in [0.1, 0.15) is 54.2 Å². The van der Waals surface area contributed by atoms with Crippen LogP contribution in [0, 0.1) is 12.3 Å². The van der Waals surface area contributed by atoms with Crippen molar-refractivity contribution in [1.82, 2.24) is 15.0 Å². The van der Waals surface area contributed by atoms with Crippen molar-refractivity contribution in [2.75, 3.05) is 0 Å². The van der Waals surface area contributed by atoms with Crippen molar-refractivity contribution in [3.05, 3.63) is 70.1 Å². The molecule has 1 saturated carbocycles. The van der Waals surface area contributed by atoms with Crippen LogP contribution in [0.3, 0.4) is 0 Å². The monoisotopic (exact) mass is 434 g/mol. The van der Waals surface area contributed by atoms with Crippen LogP contribution in [0.15, 0.2) is 42.5 Å². The SMILES string of the molecule is Cc1ccc2nc(C=Cc3ccc(Cl)cc3)nc([C@H]3CCCC[C@H]3N(N)C(=N)N)c2c1. The summed E-state index contributed by atoms with van der Waals surface area (Å²) in [5, 5.41) is 11.0. The van der Waals surface area contributed by atoms with Gasteiger partial charge in [-0.1, -0.05) is 54.3 Å². The lowest BCUT2D eigenvalue weighted by Gasteiger charge is -2.37. The summed E-state index contributed by atoms with van der Waals surface area (Å²) < 4.78 is 0. The smallest absolute Gasteiger partial charge is 0.203 e. The number of aryl methyl sites for hydroxylation is 1. The lowest BCUT2D eigenvalue weighted by molar-refractivity contribution is 0.212. The normalized spacial score (nSPS) is 19.1. The molecule has 4 rings (SSSR count). The van der Waals surface area contributed by atoms with Crippen molar-refractivity contribution in [3.8, 4) is 0 Å². The van der Waals surface area contributed by atoms with Gasteiger partial charge in [-0.15, -0.1) is 0 Å². The van der Waals surface area contributed by atoms with E-state index in [0.717, 1.165) is 53.4 Å². The lowest BCUT2D eigenvalue weighted by atomic mass is 9.80. The van der Waals surface area contributed by atoms with Gasteiger partial charge >= 0.3 is 0 Å². The number of guanidine groups is 1. The number of hydrogen-bond acceptors (Lipinski definition) is 4. The van der Waals surface area contributed by atoms with Gasteiger partial charge in [-0.3, -0.25) is 10.4 Å². The van der Waals surface area contributed by atoms with Gasteiger partial charge in [0.25, 0.3) is 0 Å². The molecule has 1 heterocycles. The van der Waals surface area contributed by atoms with E-state index in [4.69, 9.17) is 38.6 Å². The number of fused-ring (bicyclic) bond motifs is 1. The van der Waals surface area contributed by atoms with Crippen LogP contribution in [-0.2, 0) is 0 Å². The van der Waals surface area contributed by atoms with E-state index in [1.165, 1.54) is 5.01 Å². The maximum absolute atomic E-state index is 7.83. The zero-order chi connectivity index (χ0) is 22.0. The van der Waals surface area contributed by atoms with Crippen LogP contribution >= 0.6 is 11.6 Å². The van der Waals surface area contributed by atoms with Crippen LogP contribution < -0.4 is 11.6 Å². The zero-order valence-corrected chi connectivity index (χ0v) is 18.3. The number of aromatic nitrogens is 2. The first-order chi connectivity index (χ1) is 14.9. The minimum absolute atomic E-state index is 0.0574. The Balaban J connectivity index is 1.79. The molecule has 31 heavy (non-hydrogen) atoms. The third kappa shape index (κ3) is 4.70. The highest BCUT2D eigenvalue weighted by Crippen LogP contribution is 2.37. The molecule has 0 spiro atoms. The summed E-state index contributed by atoms with van der Waals surface area (Å²) >= 11 is 5.99. The molecule has 5 N–H and O–H groups in total. The predicted molar refractivity (Wildman–Crippen MR) is 128 cm³/mol. The molecule has 1 aromatic heterocycles. The molecule has 1 aliphatic carbocycles. The van der Waals surface area contributed by atoms with Gasteiger partial charge in [-0.2, -0.15) is 0 Å². The number of benzene rings is 2. The Morgan fingerprint density at radius 2 is 1.84 bits per heavy atom. The van der Waals surface area contributed by atoms with Crippen LogP contribution in [0.4, 0.5) is 0 Å². The first-order valence-electron chi connectivity index (χ1n) is 10.5. The number of rotatable bonds is 4. The third-order valence-electron chi connectivity index (χ3n) is 5.91. The lowest BCUT2D eigenvalue weighted by Crippen LogP contribution is -2.52. The molecule has 160 valence electrons. The summed E-state index contributed by atoms with van der Waals surface area (Å²) in [7, 11) is 0. The first-order valence-corrected chi connectivity index (χ1v) is 10.9. The molecule has 0 amide bonds. The van der Waals surface area contributed by atoms with Gasteiger partial charge in [0.05, 0.1) is 17.3 Å². The summed E-state index contributed by atoms with van der Waals surface area (Å²) in [6, 6.07) is 13.8. The van der Waals surface area contributed by atoms with Gasteiger partial charge in [0.2, 0.25) is 5.96 Å². The van der Waals surface area contributed by atoms with E-state index in [-0.39, 0.29) is 17.9 Å². The number of nitrogens with zero attached hydrogens (tertiary/aromatic N) is 3. The first kappa shape index (κ1) is 21.3. The van der Waals surface area contributed by atoms with E-state index in [0.29, 0.717) is 10.8 Å². The number of nitrogens with two attached hydrogens (primary N) is 2. The van der Waals surface area contributed by atoms with Crippen molar-refractivity contribution in [2.45, 2.75) is 44.6 Å². The standard InChI is InChI=1S/C24H27ClN6/c1-15-6-12-20-19(14-15)23(18-4-2-3-5-21(18)31(28)24(26)27)30-22(29-20)13-9-16-7-10-17(25)11-8-16/h6-14,18,21H,2-5,28H2,1H3,(H3,26,27)/t18-,21+/m0/s1. The van der Waals surface area contributed by atoms with E-state index in [1.807, 2.05) is 42.5 Å². The summed E-state index contributed by atoms with van der Waals surface area (Å²) in [6.45, 7) is 2.07. The summed E-state index contributed by atoms with van der Waals surface area (Å²) in [4.78, 5) is 9.75. The number of hydrogen-bond donors (Lipinski definition) is 3. The van der Waals surface area contributed by atoms with Crippen molar-refractivity contribution in [2.24, 2.45) is 11.6 Å². The fourth-order valence-corrected chi connectivity index (χ4v) is 4.45. The van der Waals surface area contributed by atoms with Crippen LogP contribution in [-0.4, -0.2) is 27.0 Å². The fraction of sp³-hybridized carbons (Fsp3) is 0.292. The topological polar surface area (TPSA) is 105 Å². The molecule has 0 bridgehead atoms. The summed E-state index contributed by atoms with van der Waals surface area (Å²) in [6.07, 6.45) is 7.90. The zero-order valence-electron chi connectivity index (χ0n) is 17.6. The van der Waals surface area contributed by atoms with E-state index in [9.17, 15) is 0 Å². The van der Waals surface area contributed by atoms with Crippen LogP contribution in [0.5, 0.6) is 0 Å². The van der Waals surface area contributed by atoms with Crippen molar-refractivity contribution in [1.29, 1.82) is 5.41 Å². The molecule has 3 aromatic rings. The second-order valence-electron chi connectivity index (χ2n) is 8.12. The Hall–Kier alpha value is -2.96. The quantitative estimate of drug-likeness (QED) is 0.235. The molecule has 6 nitrogen and oxygen atoms in total. The fourth-order valence-electron chi connectivity index (χ4n) is 4.33. The highest BCUT2D eigenvalue weighted by molar-refractivity contribution is 6.30. The molecule has 1 aliphatic rings. The maximum atomic E-state index is 7.83. The molecule has 0 aliphatic heterocycles. The van der Waals surface area contributed by atoms with Crippen LogP contribution in [0.25, 0.3) is 23.1 Å².